The van der Waals surface area contributed by atoms with Gasteiger partial charge < -0.3 is 9.47 Å². The number of methoxy groups -OCH3 is 1. The summed E-state index contributed by atoms with van der Waals surface area (Å²) in [5.41, 5.74) is -0.624. The van der Waals surface area contributed by atoms with Crippen molar-refractivity contribution >= 4 is 5.97 Å². The highest BCUT2D eigenvalue weighted by atomic mass is 19.3. The Morgan fingerprint density at radius 3 is 2.74 bits per heavy atom. The summed E-state index contributed by atoms with van der Waals surface area (Å²) in [7, 11) is 1.23. The van der Waals surface area contributed by atoms with Crippen LogP contribution in [0, 0.1) is 11.3 Å². The minimum absolute atomic E-state index is 0.00815. The Labute approximate surface area is 108 Å². The van der Waals surface area contributed by atoms with Crippen molar-refractivity contribution in [1.29, 1.82) is 5.26 Å². The van der Waals surface area contributed by atoms with E-state index in [1.807, 2.05) is 0 Å². The van der Waals surface area contributed by atoms with Gasteiger partial charge >= 0.3 is 5.97 Å². The van der Waals surface area contributed by atoms with Crippen molar-refractivity contribution in [3.63, 3.8) is 0 Å². The summed E-state index contributed by atoms with van der Waals surface area (Å²) in [6.45, 7) is 1.76. The van der Waals surface area contributed by atoms with Crippen molar-refractivity contribution in [2.75, 3.05) is 13.7 Å². The summed E-state index contributed by atoms with van der Waals surface area (Å²) in [6.07, 6.45) is -3.23. The van der Waals surface area contributed by atoms with E-state index in [0.717, 1.165) is 0 Å². The van der Waals surface area contributed by atoms with E-state index in [0.29, 0.717) is 0 Å². The summed E-state index contributed by atoms with van der Waals surface area (Å²) in [4.78, 5) is 14.9. The van der Waals surface area contributed by atoms with Gasteiger partial charge in [-0.3, -0.25) is 4.79 Å². The van der Waals surface area contributed by atoms with E-state index in [4.69, 9.17) is 10.00 Å². The van der Waals surface area contributed by atoms with Gasteiger partial charge in [0.05, 0.1) is 20.1 Å². The Hall–Kier alpha value is -2.23. The van der Waals surface area contributed by atoms with Crippen LogP contribution in [0.4, 0.5) is 8.78 Å². The Bertz CT molecular complexity index is 512. The molecule has 7 heteroatoms. The summed E-state index contributed by atoms with van der Waals surface area (Å²) >= 11 is 0. The number of nitriles is 1. The molecule has 0 saturated heterocycles. The van der Waals surface area contributed by atoms with Crippen LogP contribution in [-0.4, -0.2) is 24.7 Å². The monoisotopic (exact) mass is 270 g/mol. The second-order valence-corrected chi connectivity index (χ2v) is 3.48. The van der Waals surface area contributed by atoms with Crippen molar-refractivity contribution in [1.82, 2.24) is 4.98 Å². The molecule has 5 nitrogen and oxygen atoms in total. The van der Waals surface area contributed by atoms with Crippen molar-refractivity contribution in [3.8, 4) is 11.9 Å². The number of rotatable bonds is 5. The number of carbonyl (C=O) groups excluding carboxylic acids is 1. The van der Waals surface area contributed by atoms with Gasteiger partial charge in [-0.15, -0.1) is 0 Å². The molecule has 0 aliphatic rings. The number of halogens is 2. The number of nitrogens with zero attached hydrogens (tertiary/aromatic N) is 2. The van der Waals surface area contributed by atoms with Crippen LogP contribution in [0.5, 0.6) is 5.88 Å². The maximum atomic E-state index is 12.9. The number of alkyl halides is 2. The van der Waals surface area contributed by atoms with E-state index in [9.17, 15) is 13.6 Å². The van der Waals surface area contributed by atoms with Crippen LogP contribution in [-0.2, 0) is 16.0 Å². The third-order valence-corrected chi connectivity index (χ3v) is 2.26. The van der Waals surface area contributed by atoms with Gasteiger partial charge in [0.25, 0.3) is 6.43 Å². The minimum Gasteiger partial charge on any atom is -0.480 e. The Kier molecular flexibility index (Phi) is 5.18. The minimum atomic E-state index is -2.87. The maximum absolute atomic E-state index is 12.9. The number of esters is 1. The van der Waals surface area contributed by atoms with E-state index in [1.165, 1.54) is 13.2 Å². The molecular weight excluding hydrogens is 258 g/mol. The zero-order chi connectivity index (χ0) is 14.4. The highest BCUT2D eigenvalue weighted by molar-refractivity contribution is 5.73. The Morgan fingerprint density at radius 1 is 1.58 bits per heavy atom. The molecule has 0 unspecified atom stereocenters. The lowest BCUT2D eigenvalue weighted by Crippen LogP contribution is -2.11. The van der Waals surface area contributed by atoms with Gasteiger partial charge in [-0.05, 0) is 18.6 Å². The van der Waals surface area contributed by atoms with Gasteiger partial charge in [-0.2, -0.15) is 5.26 Å². The van der Waals surface area contributed by atoms with Gasteiger partial charge in [0, 0.05) is 0 Å². The topological polar surface area (TPSA) is 72.2 Å². The van der Waals surface area contributed by atoms with Crippen molar-refractivity contribution < 1.29 is 23.0 Å². The first kappa shape index (κ1) is 14.8. The van der Waals surface area contributed by atoms with Crippen LogP contribution in [0.25, 0.3) is 0 Å². The quantitative estimate of drug-likeness (QED) is 0.765. The van der Waals surface area contributed by atoms with Crippen LogP contribution < -0.4 is 4.74 Å². The SMILES string of the molecule is CCOC(=O)Cc1cc(C#N)c(OC)nc1C(F)F. The number of ether oxygens (including phenoxy) is 2. The Balaban J connectivity index is 3.21. The lowest BCUT2D eigenvalue weighted by molar-refractivity contribution is -0.142. The fraction of sp³-hybridized carbons (Fsp3) is 0.417. The predicted molar refractivity (Wildman–Crippen MR) is 60.8 cm³/mol. The smallest absolute Gasteiger partial charge is 0.310 e. The molecule has 1 heterocycles. The fourth-order valence-electron chi connectivity index (χ4n) is 1.49. The molecule has 0 amide bonds. The van der Waals surface area contributed by atoms with Crippen LogP contribution in [0.1, 0.15) is 30.2 Å². The third-order valence-electron chi connectivity index (χ3n) is 2.26. The molecule has 0 fully saturated rings. The zero-order valence-electron chi connectivity index (χ0n) is 10.4. The van der Waals surface area contributed by atoms with Gasteiger partial charge in [-0.1, -0.05) is 0 Å². The van der Waals surface area contributed by atoms with E-state index >= 15 is 0 Å². The molecule has 0 aliphatic heterocycles. The fourth-order valence-corrected chi connectivity index (χ4v) is 1.49. The molecule has 19 heavy (non-hydrogen) atoms. The van der Waals surface area contributed by atoms with E-state index in [-0.39, 0.29) is 30.0 Å². The van der Waals surface area contributed by atoms with E-state index in [2.05, 4.69) is 9.72 Å². The van der Waals surface area contributed by atoms with E-state index in [1.54, 1.807) is 13.0 Å². The first-order valence-electron chi connectivity index (χ1n) is 5.45. The van der Waals surface area contributed by atoms with Crippen molar-refractivity contribution in [2.45, 2.75) is 19.8 Å². The summed E-state index contributed by atoms with van der Waals surface area (Å²) in [5.74, 6) is -0.842. The molecule has 0 saturated carbocycles. The number of hydrogen-bond donors (Lipinski definition) is 0. The van der Waals surface area contributed by atoms with Gasteiger partial charge in [-0.25, -0.2) is 13.8 Å². The average molecular weight is 270 g/mol. The second kappa shape index (κ2) is 6.64. The molecule has 0 radical (unpaired) electrons. The van der Waals surface area contributed by atoms with E-state index < -0.39 is 18.1 Å². The van der Waals surface area contributed by atoms with Crippen LogP contribution in [0.2, 0.25) is 0 Å². The van der Waals surface area contributed by atoms with Crippen LogP contribution in [0.3, 0.4) is 0 Å². The number of hydrogen-bond acceptors (Lipinski definition) is 5. The average Bonchev–Trinajstić information content (AvgIpc) is 2.38. The molecule has 1 aromatic rings. The second-order valence-electron chi connectivity index (χ2n) is 3.48. The van der Waals surface area contributed by atoms with Crippen molar-refractivity contribution in [2.24, 2.45) is 0 Å². The zero-order valence-corrected chi connectivity index (χ0v) is 10.4. The van der Waals surface area contributed by atoms with Crippen molar-refractivity contribution in [3.05, 3.63) is 22.9 Å². The molecule has 102 valence electrons. The number of aromatic nitrogens is 1. The molecule has 0 aliphatic carbocycles. The van der Waals surface area contributed by atoms with Crippen LogP contribution in [0.15, 0.2) is 6.07 Å². The largest absolute Gasteiger partial charge is 0.480 e. The molecule has 0 bridgehead atoms. The molecule has 0 N–H and O–H groups in total. The molecule has 0 spiro atoms. The maximum Gasteiger partial charge on any atom is 0.310 e. The molecule has 0 atom stereocenters. The van der Waals surface area contributed by atoms with Gasteiger partial charge in [0.15, 0.2) is 0 Å². The predicted octanol–water partition coefficient (Wildman–Crippen LogP) is 2.01. The first-order valence-corrected chi connectivity index (χ1v) is 5.45. The summed E-state index contributed by atoms with van der Waals surface area (Å²) in [5, 5.41) is 8.87. The number of carbonyl (C=O) groups is 1. The standard InChI is InChI=1S/C12H12F2N2O3/c1-3-19-9(17)5-7-4-8(6-15)12(18-2)16-10(7)11(13)14/h4,11H,3,5H2,1-2H3. The highest BCUT2D eigenvalue weighted by Crippen LogP contribution is 2.27. The molecule has 1 rings (SSSR count). The third kappa shape index (κ3) is 3.61. The van der Waals surface area contributed by atoms with Crippen LogP contribution >= 0.6 is 0 Å². The molecular formula is C12H12F2N2O3. The van der Waals surface area contributed by atoms with Gasteiger partial charge in [0.1, 0.15) is 17.3 Å². The highest BCUT2D eigenvalue weighted by Gasteiger charge is 2.21. The molecule has 0 aromatic carbocycles. The lowest BCUT2D eigenvalue weighted by Gasteiger charge is -2.10. The summed E-state index contributed by atoms with van der Waals surface area (Å²) in [6, 6.07) is 2.94. The Morgan fingerprint density at radius 2 is 2.26 bits per heavy atom. The molecule has 1 aromatic heterocycles. The lowest BCUT2D eigenvalue weighted by atomic mass is 10.1. The summed E-state index contributed by atoms with van der Waals surface area (Å²) < 4.78 is 35.2. The number of pyridine rings is 1. The first-order chi connectivity index (χ1) is 9.03. The normalized spacial score (nSPS) is 10.1. The van der Waals surface area contributed by atoms with Gasteiger partial charge in [0.2, 0.25) is 5.88 Å².